The Kier molecular flexibility index (Phi) is 6.07. The number of aromatic amines is 1. The molecule has 0 spiro atoms. The Hall–Kier alpha value is -4.59. The lowest BCUT2D eigenvalue weighted by atomic mass is 10.1. The third kappa shape index (κ3) is 4.18. The molecule has 0 bridgehead atoms. The van der Waals surface area contributed by atoms with Crippen molar-refractivity contribution >= 4 is 45.4 Å². The number of benzene rings is 3. The van der Waals surface area contributed by atoms with Gasteiger partial charge in [-0.1, -0.05) is 31.2 Å². The first kappa shape index (κ1) is 23.8. The van der Waals surface area contributed by atoms with Gasteiger partial charge in [0.15, 0.2) is 0 Å². The average molecular weight is 508 g/mol. The number of nitrogens with one attached hydrogen (secondary N) is 2. The molecule has 0 unspecified atom stereocenters. The largest absolute Gasteiger partial charge is 0.497 e. The number of para-hydroxylation sites is 2. The van der Waals surface area contributed by atoms with Crippen LogP contribution in [0.25, 0.3) is 21.9 Å². The Morgan fingerprint density at radius 1 is 1.11 bits per heavy atom. The van der Waals surface area contributed by atoms with Crippen molar-refractivity contribution in [1.82, 2.24) is 14.5 Å². The SMILES string of the molecule is CCc1ccc(NC(=O)C[C@H]2C(=O)N(CCc3c[nH]c4ccc(OC)cc34)c3nc4ccccc4n32)cc1. The van der Waals surface area contributed by atoms with Crippen molar-refractivity contribution in [3.8, 4) is 5.75 Å². The molecule has 2 amide bonds. The summed E-state index contributed by atoms with van der Waals surface area (Å²) in [5.74, 6) is 1.04. The van der Waals surface area contributed by atoms with E-state index < -0.39 is 6.04 Å². The molecule has 8 nitrogen and oxygen atoms in total. The summed E-state index contributed by atoms with van der Waals surface area (Å²) in [5.41, 5.74) is 5.68. The van der Waals surface area contributed by atoms with Crippen LogP contribution in [0.4, 0.5) is 11.6 Å². The molecule has 2 aromatic heterocycles. The number of imidazole rings is 1. The summed E-state index contributed by atoms with van der Waals surface area (Å²) in [4.78, 5) is 36.6. The van der Waals surface area contributed by atoms with Gasteiger partial charge in [0.25, 0.3) is 5.91 Å². The maximum absolute atomic E-state index is 13.7. The van der Waals surface area contributed by atoms with Gasteiger partial charge in [0, 0.05) is 29.3 Å². The van der Waals surface area contributed by atoms with Gasteiger partial charge in [-0.05, 0) is 66.4 Å². The second-order valence-electron chi connectivity index (χ2n) is 9.55. The maximum Gasteiger partial charge on any atom is 0.253 e. The van der Waals surface area contributed by atoms with Crippen molar-refractivity contribution in [2.45, 2.75) is 32.2 Å². The molecule has 6 rings (SSSR count). The third-order valence-electron chi connectivity index (χ3n) is 7.29. The van der Waals surface area contributed by atoms with Gasteiger partial charge in [-0.2, -0.15) is 0 Å². The predicted octanol–water partition coefficient (Wildman–Crippen LogP) is 5.25. The van der Waals surface area contributed by atoms with E-state index in [9.17, 15) is 9.59 Å². The summed E-state index contributed by atoms with van der Waals surface area (Å²) in [5, 5.41) is 4.02. The number of rotatable bonds is 8. The van der Waals surface area contributed by atoms with Crippen LogP contribution in [0.5, 0.6) is 5.75 Å². The van der Waals surface area contributed by atoms with Crippen LogP contribution >= 0.6 is 0 Å². The summed E-state index contributed by atoms with van der Waals surface area (Å²) < 4.78 is 7.31. The van der Waals surface area contributed by atoms with Crippen molar-refractivity contribution in [3.05, 3.63) is 84.1 Å². The lowest BCUT2D eigenvalue weighted by Gasteiger charge is -2.16. The number of fused-ring (bicyclic) bond motifs is 4. The predicted molar refractivity (Wildman–Crippen MR) is 149 cm³/mol. The number of anilines is 2. The number of H-pyrrole nitrogens is 1. The van der Waals surface area contributed by atoms with Gasteiger partial charge in [0.05, 0.1) is 24.6 Å². The summed E-state index contributed by atoms with van der Waals surface area (Å²) >= 11 is 0. The number of carbonyl (C=O) groups excluding carboxylic acids is 2. The Balaban J connectivity index is 1.26. The van der Waals surface area contributed by atoms with Crippen LogP contribution in [0, 0.1) is 0 Å². The minimum Gasteiger partial charge on any atom is -0.497 e. The lowest BCUT2D eigenvalue weighted by molar-refractivity contribution is -0.124. The van der Waals surface area contributed by atoms with Crippen molar-refractivity contribution in [1.29, 1.82) is 0 Å². The van der Waals surface area contributed by atoms with E-state index in [0.29, 0.717) is 18.9 Å². The van der Waals surface area contributed by atoms with Gasteiger partial charge in [-0.3, -0.25) is 19.1 Å². The molecule has 1 aliphatic heterocycles. The third-order valence-corrected chi connectivity index (χ3v) is 7.29. The number of carbonyl (C=O) groups is 2. The quantitative estimate of drug-likeness (QED) is 0.300. The van der Waals surface area contributed by atoms with E-state index in [1.165, 1.54) is 5.56 Å². The molecule has 0 saturated heterocycles. The number of aryl methyl sites for hydroxylation is 1. The van der Waals surface area contributed by atoms with Crippen molar-refractivity contribution in [2.75, 3.05) is 23.9 Å². The minimum absolute atomic E-state index is 0.0303. The molecule has 0 fully saturated rings. The maximum atomic E-state index is 13.7. The van der Waals surface area contributed by atoms with E-state index >= 15 is 0 Å². The minimum atomic E-state index is -0.657. The van der Waals surface area contributed by atoms with E-state index in [2.05, 4.69) is 17.2 Å². The molecule has 8 heteroatoms. The van der Waals surface area contributed by atoms with Crippen LogP contribution in [0.3, 0.4) is 0 Å². The van der Waals surface area contributed by atoms with E-state index in [-0.39, 0.29) is 18.2 Å². The summed E-state index contributed by atoms with van der Waals surface area (Å²) in [6.45, 7) is 2.54. The molecule has 2 N–H and O–H groups in total. The van der Waals surface area contributed by atoms with Crippen LogP contribution in [-0.4, -0.2) is 40.0 Å². The van der Waals surface area contributed by atoms with Gasteiger partial charge in [-0.25, -0.2) is 4.98 Å². The fraction of sp³-hybridized carbons (Fsp3) is 0.233. The van der Waals surface area contributed by atoms with Crippen molar-refractivity contribution in [3.63, 3.8) is 0 Å². The van der Waals surface area contributed by atoms with Gasteiger partial charge in [-0.15, -0.1) is 0 Å². The highest BCUT2D eigenvalue weighted by Gasteiger charge is 2.40. The molecule has 1 aliphatic rings. The average Bonchev–Trinajstić information content (AvgIpc) is 3.59. The molecule has 38 heavy (non-hydrogen) atoms. The van der Waals surface area contributed by atoms with Gasteiger partial charge < -0.3 is 15.0 Å². The molecule has 0 radical (unpaired) electrons. The number of aromatic nitrogens is 3. The number of methoxy groups -OCH3 is 1. The molecular formula is C30H29N5O3. The first-order chi connectivity index (χ1) is 18.6. The lowest BCUT2D eigenvalue weighted by Crippen LogP contribution is -2.33. The van der Waals surface area contributed by atoms with Crippen LogP contribution < -0.4 is 15.0 Å². The Morgan fingerprint density at radius 3 is 2.71 bits per heavy atom. The summed E-state index contributed by atoms with van der Waals surface area (Å²) in [6, 6.07) is 20.8. The number of hydrogen-bond donors (Lipinski definition) is 2. The highest BCUT2D eigenvalue weighted by molar-refractivity contribution is 6.05. The Labute approximate surface area is 220 Å². The molecular weight excluding hydrogens is 478 g/mol. The highest BCUT2D eigenvalue weighted by Crippen LogP contribution is 2.37. The number of hydrogen-bond acceptors (Lipinski definition) is 4. The van der Waals surface area contributed by atoms with E-state index in [1.807, 2.05) is 77.5 Å². The Morgan fingerprint density at radius 2 is 1.92 bits per heavy atom. The normalized spacial score (nSPS) is 14.8. The molecule has 0 saturated carbocycles. The van der Waals surface area contributed by atoms with Crippen molar-refractivity contribution < 1.29 is 14.3 Å². The first-order valence-corrected chi connectivity index (χ1v) is 12.9. The van der Waals surface area contributed by atoms with E-state index in [0.717, 1.165) is 45.4 Å². The molecule has 1 atom stereocenters. The molecule has 3 heterocycles. The molecule has 0 aliphatic carbocycles. The van der Waals surface area contributed by atoms with Crippen LogP contribution in [-0.2, 0) is 22.4 Å². The fourth-order valence-electron chi connectivity index (χ4n) is 5.24. The number of ether oxygens (including phenoxy) is 1. The zero-order chi connectivity index (χ0) is 26.2. The monoisotopic (exact) mass is 507 g/mol. The smallest absolute Gasteiger partial charge is 0.253 e. The molecule has 192 valence electrons. The topological polar surface area (TPSA) is 92.2 Å². The van der Waals surface area contributed by atoms with Crippen LogP contribution in [0.15, 0.2) is 72.9 Å². The first-order valence-electron chi connectivity index (χ1n) is 12.9. The zero-order valence-corrected chi connectivity index (χ0v) is 21.4. The standard InChI is InChI=1S/C30H29N5O3/c1-3-19-8-10-21(11-9-19)32-28(36)17-27-29(37)34(30-33-25-6-4-5-7-26(25)35(27)30)15-14-20-18-31-24-13-12-22(38-2)16-23(20)24/h4-13,16,18,27,31H,3,14-15,17H2,1-2H3,(H,32,36)/t27-/m0/s1. The van der Waals surface area contributed by atoms with Crippen molar-refractivity contribution in [2.24, 2.45) is 0 Å². The summed E-state index contributed by atoms with van der Waals surface area (Å²) in [6.07, 6.45) is 3.57. The second-order valence-corrected chi connectivity index (χ2v) is 9.55. The number of amides is 2. The van der Waals surface area contributed by atoms with E-state index in [1.54, 1.807) is 12.0 Å². The van der Waals surface area contributed by atoms with Gasteiger partial charge in [0.2, 0.25) is 11.9 Å². The highest BCUT2D eigenvalue weighted by atomic mass is 16.5. The fourth-order valence-corrected chi connectivity index (χ4v) is 5.24. The van der Waals surface area contributed by atoms with Gasteiger partial charge >= 0.3 is 0 Å². The van der Waals surface area contributed by atoms with Crippen LogP contribution in [0.1, 0.15) is 30.5 Å². The van der Waals surface area contributed by atoms with Gasteiger partial charge in [0.1, 0.15) is 11.8 Å². The summed E-state index contributed by atoms with van der Waals surface area (Å²) in [7, 11) is 1.65. The Bertz CT molecular complexity index is 1650. The molecule has 3 aromatic carbocycles. The second kappa shape index (κ2) is 9.70. The van der Waals surface area contributed by atoms with Crippen LogP contribution in [0.2, 0.25) is 0 Å². The zero-order valence-electron chi connectivity index (χ0n) is 21.4. The number of nitrogens with zero attached hydrogens (tertiary/aromatic N) is 3. The molecule has 5 aromatic rings. The van der Waals surface area contributed by atoms with E-state index in [4.69, 9.17) is 9.72 Å².